The fourth-order valence-electron chi connectivity index (χ4n) is 6.31. The molecule has 10 nitrogen and oxygen atoms in total. The van der Waals surface area contributed by atoms with Crippen molar-refractivity contribution in [1.29, 1.82) is 0 Å². The van der Waals surface area contributed by atoms with Gasteiger partial charge in [-0.05, 0) is 63.7 Å². The molecule has 0 aliphatic carbocycles. The van der Waals surface area contributed by atoms with E-state index in [0.29, 0.717) is 50.9 Å². The molecule has 10 heteroatoms. The number of aromatic nitrogens is 1. The van der Waals surface area contributed by atoms with Gasteiger partial charge < -0.3 is 33.5 Å². The zero-order chi connectivity index (χ0) is 31.9. The Morgan fingerprint density at radius 2 is 1.93 bits per heavy atom. The molecular formula is C35H49N5O5. The Morgan fingerprint density at radius 3 is 2.71 bits per heavy atom. The lowest BCUT2D eigenvalue weighted by Crippen LogP contribution is -2.53. The molecule has 0 N–H and O–H groups in total. The van der Waals surface area contributed by atoms with Gasteiger partial charge in [0.05, 0.1) is 26.4 Å². The Hall–Kier alpha value is -3.76. The lowest BCUT2D eigenvalue weighted by atomic mass is 10.1. The smallest absolute Gasteiger partial charge is 0.325 e. The number of morpholine rings is 1. The van der Waals surface area contributed by atoms with Gasteiger partial charge in [0.15, 0.2) is 11.5 Å². The van der Waals surface area contributed by atoms with Crippen molar-refractivity contribution in [1.82, 2.24) is 19.3 Å². The number of benzene rings is 2. The lowest BCUT2D eigenvalue weighted by Gasteiger charge is -2.40. The number of likely N-dealkylation sites (N-methyl/N-ethyl adjacent to an activating group) is 1. The van der Waals surface area contributed by atoms with Crippen molar-refractivity contribution in [2.24, 2.45) is 0 Å². The van der Waals surface area contributed by atoms with Crippen molar-refractivity contribution >= 4 is 28.5 Å². The molecule has 0 saturated carbocycles. The molecule has 0 radical (unpaired) electrons. The number of urea groups is 1. The number of amides is 3. The van der Waals surface area contributed by atoms with E-state index in [-0.39, 0.29) is 30.6 Å². The molecule has 2 aromatic carbocycles. The van der Waals surface area contributed by atoms with E-state index in [0.717, 1.165) is 54.4 Å². The third kappa shape index (κ3) is 7.73. The van der Waals surface area contributed by atoms with Gasteiger partial charge in [0.25, 0.3) is 0 Å². The van der Waals surface area contributed by atoms with Gasteiger partial charge in [-0.25, -0.2) is 4.79 Å². The van der Waals surface area contributed by atoms with Gasteiger partial charge in [0.1, 0.15) is 6.54 Å². The van der Waals surface area contributed by atoms with Crippen LogP contribution in [0.4, 0.5) is 10.5 Å². The molecule has 2 aliphatic rings. The first-order chi connectivity index (χ1) is 21.8. The summed E-state index contributed by atoms with van der Waals surface area (Å²) in [6.45, 7) is 8.85. The predicted molar refractivity (Wildman–Crippen MR) is 177 cm³/mol. The van der Waals surface area contributed by atoms with Gasteiger partial charge in [-0.1, -0.05) is 31.9 Å². The van der Waals surface area contributed by atoms with Crippen molar-refractivity contribution in [2.75, 3.05) is 65.5 Å². The van der Waals surface area contributed by atoms with Crippen LogP contribution >= 0.6 is 0 Å². The Morgan fingerprint density at radius 1 is 1.09 bits per heavy atom. The van der Waals surface area contributed by atoms with Gasteiger partial charge in [0.2, 0.25) is 5.91 Å². The Kier molecular flexibility index (Phi) is 10.9. The summed E-state index contributed by atoms with van der Waals surface area (Å²) in [6.07, 6.45) is 6.07. The van der Waals surface area contributed by atoms with E-state index in [4.69, 9.17) is 14.2 Å². The highest BCUT2D eigenvalue weighted by Gasteiger charge is 2.33. The molecular weight excluding hydrogens is 570 g/mol. The molecule has 3 amide bonds. The van der Waals surface area contributed by atoms with Crippen LogP contribution in [0.1, 0.15) is 45.1 Å². The minimum absolute atomic E-state index is 0.0252. The highest BCUT2D eigenvalue weighted by molar-refractivity contribution is 5.94. The van der Waals surface area contributed by atoms with E-state index in [1.54, 1.807) is 7.11 Å². The fraction of sp³-hybridized carbons (Fsp3) is 0.543. The molecule has 0 bridgehead atoms. The summed E-state index contributed by atoms with van der Waals surface area (Å²) < 4.78 is 19.5. The zero-order valence-corrected chi connectivity index (χ0v) is 27.5. The summed E-state index contributed by atoms with van der Waals surface area (Å²) in [4.78, 5) is 35.1. The molecule has 3 aromatic rings. The van der Waals surface area contributed by atoms with Crippen LogP contribution in [0.5, 0.6) is 11.5 Å². The molecule has 2 aliphatic heterocycles. The first-order valence-corrected chi connectivity index (χ1v) is 16.3. The number of hydrogen-bond donors (Lipinski definition) is 0. The van der Waals surface area contributed by atoms with E-state index >= 15 is 0 Å². The maximum atomic E-state index is 14.0. The van der Waals surface area contributed by atoms with E-state index in [1.807, 2.05) is 69.9 Å². The van der Waals surface area contributed by atoms with E-state index in [9.17, 15) is 9.59 Å². The highest BCUT2D eigenvalue weighted by Crippen LogP contribution is 2.34. The number of carbonyl (C=O) groups excluding carboxylic acids is 2. The van der Waals surface area contributed by atoms with Crippen molar-refractivity contribution in [3.05, 3.63) is 54.2 Å². The van der Waals surface area contributed by atoms with Gasteiger partial charge in [0, 0.05) is 67.6 Å². The van der Waals surface area contributed by atoms with E-state index in [1.165, 1.54) is 0 Å². The Balaban J connectivity index is 1.30. The molecule has 1 aromatic heterocycles. The van der Waals surface area contributed by atoms with Gasteiger partial charge >= 0.3 is 6.03 Å². The minimum atomic E-state index is -0.0259. The fourth-order valence-corrected chi connectivity index (χ4v) is 6.31. The first kappa shape index (κ1) is 32.6. The third-order valence-corrected chi connectivity index (χ3v) is 8.85. The van der Waals surface area contributed by atoms with Crippen molar-refractivity contribution in [3.63, 3.8) is 0 Å². The summed E-state index contributed by atoms with van der Waals surface area (Å²) in [6, 6.07) is 14.0. The summed E-state index contributed by atoms with van der Waals surface area (Å²) in [5, 5.41) is 1.06. The van der Waals surface area contributed by atoms with Crippen LogP contribution in [0.2, 0.25) is 0 Å². The number of hydrogen-bond acceptors (Lipinski definition) is 6. The second kappa shape index (κ2) is 15.0. The number of fused-ring (bicyclic) bond motifs is 1. The molecule has 5 rings (SSSR count). The minimum Gasteiger partial charge on any atom is -0.493 e. The average molecular weight is 620 g/mol. The van der Waals surface area contributed by atoms with Crippen LogP contribution in [-0.2, 0) is 22.6 Å². The molecule has 2 fully saturated rings. The van der Waals surface area contributed by atoms with Gasteiger partial charge in [-0.2, -0.15) is 0 Å². The highest BCUT2D eigenvalue weighted by atomic mass is 16.5. The van der Waals surface area contributed by atoms with Crippen molar-refractivity contribution in [3.8, 4) is 11.5 Å². The maximum absolute atomic E-state index is 14.0. The predicted octanol–water partition coefficient (Wildman–Crippen LogP) is 5.23. The summed E-state index contributed by atoms with van der Waals surface area (Å²) in [5.41, 5.74) is 2.86. The monoisotopic (exact) mass is 619 g/mol. The van der Waals surface area contributed by atoms with Gasteiger partial charge in [-0.3, -0.25) is 9.69 Å². The number of ether oxygens (including phenoxy) is 3. The summed E-state index contributed by atoms with van der Waals surface area (Å²) in [5.74, 6) is 1.42. The summed E-state index contributed by atoms with van der Waals surface area (Å²) in [7, 11) is 5.67. The molecule has 1 unspecified atom stereocenters. The maximum Gasteiger partial charge on any atom is 0.325 e. The number of carbonyl (C=O) groups is 2. The molecule has 2 saturated heterocycles. The van der Waals surface area contributed by atoms with E-state index in [2.05, 4.69) is 30.9 Å². The van der Waals surface area contributed by atoms with E-state index < -0.39 is 0 Å². The second-order valence-electron chi connectivity index (χ2n) is 12.5. The van der Waals surface area contributed by atoms with Crippen LogP contribution in [-0.4, -0.2) is 104 Å². The molecule has 244 valence electrons. The Bertz CT molecular complexity index is 1460. The van der Waals surface area contributed by atoms with Crippen LogP contribution in [0, 0.1) is 0 Å². The second-order valence-corrected chi connectivity index (χ2v) is 12.5. The number of anilines is 1. The SMILES string of the molecule is CCCCCOc1cc(N2CC[C@H](C)N(Cc3cccc4c3ccn4CC(=O)N3CCOC(CN(C)C)C3)C2=O)ccc1OC. The first-order valence-electron chi connectivity index (χ1n) is 16.3. The standard InChI is InChI=1S/C35H49N5O5/c1-6-7-8-19-45-33-21-28(12-13-32(33)43-5)39-17-14-26(2)40(35(39)42)22-27-10-9-11-31-30(27)15-16-37(31)25-34(41)38-18-20-44-29(24-38)23-36(3)4/h9-13,15-16,21,26,29H,6-8,14,17-20,22-25H2,1-5H3/t26-,29?/m0/s1. The Labute approximate surface area is 267 Å². The summed E-state index contributed by atoms with van der Waals surface area (Å²) >= 11 is 0. The van der Waals surface area contributed by atoms with Crippen LogP contribution in [0.25, 0.3) is 10.9 Å². The molecule has 45 heavy (non-hydrogen) atoms. The zero-order valence-electron chi connectivity index (χ0n) is 27.5. The molecule has 0 spiro atoms. The average Bonchev–Trinajstić information content (AvgIpc) is 3.44. The lowest BCUT2D eigenvalue weighted by molar-refractivity contribution is -0.139. The third-order valence-electron chi connectivity index (χ3n) is 8.85. The van der Waals surface area contributed by atoms with Gasteiger partial charge in [-0.15, -0.1) is 0 Å². The molecule has 3 heterocycles. The number of rotatable bonds is 13. The van der Waals surface area contributed by atoms with Crippen LogP contribution < -0.4 is 14.4 Å². The van der Waals surface area contributed by atoms with Crippen LogP contribution in [0.3, 0.4) is 0 Å². The normalized spacial score (nSPS) is 19.1. The quantitative estimate of drug-likeness (QED) is 0.244. The largest absolute Gasteiger partial charge is 0.493 e. The number of methoxy groups -OCH3 is 1. The topological polar surface area (TPSA) is 79.7 Å². The van der Waals surface area contributed by atoms with Crippen molar-refractivity contribution in [2.45, 2.75) is 64.8 Å². The van der Waals surface area contributed by atoms with Crippen LogP contribution in [0.15, 0.2) is 48.7 Å². The molecule has 2 atom stereocenters. The number of nitrogens with zero attached hydrogens (tertiary/aromatic N) is 5. The van der Waals surface area contributed by atoms with Crippen molar-refractivity contribution < 1.29 is 23.8 Å². The number of unbranched alkanes of at least 4 members (excludes halogenated alkanes) is 2.